The maximum atomic E-state index is 12.2. The molecule has 0 atom stereocenters. The van der Waals surface area contributed by atoms with Crippen LogP contribution in [0.15, 0.2) is 23.4 Å². The van der Waals surface area contributed by atoms with Crippen LogP contribution in [0.2, 0.25) is 0 Å². The van der Waals surface area contributed by atoms with E-state index in [9.17, 15) is 13.2 Å². The number of rotatable bonds is 5. The minimum atomic E-state index is -3.39. The van der Waals surface area contributed by atoms with Crippen LogP contribution in [0.4, 0.5) is 0 Å². The van der Waals surface area contributed by atoms with Crippen molar-refractivity contribution >= 4 is 16.0 Å². The summed E-state index contributed by atoms with van der Waals surface area (Å²) in [5.41, 5.74) is 0. The molecular formula is C12H18N2O4S. The van der Waals surface area contributed by atoms with E-state index in [4.69, 9.17) is 5.11 Å². The predicted molar refractivity (Wildman–Crippen MR) is 69.1 cm³/mol. The van der Waals surface area contributed by atoms with Gasteiger partial charge in [-0.15, -0.1) is 0 Å². The van der Waals surface area contributed by atoms with E-state index in [1.54, 1.807) is 12.3 Å². The molecule has 2 rings (SSSR count). The monoisotopic (exact) mass is 286 g/mol. The fourth-order valence-corrected chi connectivity index (χ4v) is 3.83. The molecule has 0 spiro atoms. The normalized spacial score (nSPS) is 18.5. The molecule has 0 aromatic carbocycles. The van der Waals surface area contributed by atoms with Crippen molar-refractivity contribution in [1.82, 2.24) is 9.29 Å². The zero-order chi connectivity index (χ0) is 13.9. The van der Waals surface area contributed by atoms with E-state index in [0.717, 1.165) is 12.8 Å². The Hall–Kier alpha value is -1.34. The van der Waals surface area contributed by atoms with Gasteiger partial charge < -0.3 is 10.1 Å². The standard InChI is InChI=1S/C12H18N2O4S/c15-12(16)2-1-10-4-7-14(8-5-10)19(17,18)11-3-6-13-9-11/h3,6,9-10,13H,1-2,4-5,7-8H2,(H,15,16). The highest BCUT2D eigenvalue weighted by atomic mass is 32.2. The van der Waals surface area contributed by atoms with E-state index in [2.05, 4.69) is 4.98 Å². The minimum absolute atomic E-state index is 0.162. The quantitative estimate of drug-likeness (QED) is 0.853. The van der Waals surface area contributed by atoms with Crippen molar-refractivity contribution < 1.29 is 18.3 Å². The number of H-pyrrole nitrogens is 1. The van der Waals surface area contributed by atoms with Crippen molar-refractivity contribution in [2.24, 2.45) is 5.92 Å². The van der Waals surface area contributed by atoms with Crippen molar-refractivity contribution in [2.75, 3.05) is 13.1 Å². The summed E-state index contributed by atoms with van der Waals surface area (Å²) in [6.45, 7) is 0.940. The molecule has 19 heavy (non-hydrogen) atoms. The second-order valence-corrected chi connectivity index (χ2v) is 6.76. The maximum Gasteiger partial charge on any atom is 0.303 e. The number of nitrogens with zero attached hydrogens (tertiary/aromatic N) is 1. The lowest BCUT2D eigenvalue weighted by Crippen LogP contribution is -2.38. The van der Waals surface area contributed by atoms with Gasteiger partial charge >= 0.3 is 5.97 Å². The van der Waals surface area contributed by atoms with Gasteiger partial charge in [0.05, 0.1) is 4.90 Å². The Balaban J connectivity index is 1.91. The first-order chi connectivity index (χ1) is 9.00. The third-order valence-corrected chi connectivity index (χ3v) is 5.44. The number of sulfonamides is 1. The van der Waals surface area contributed by atoms with Crippen LogP contribution in [-0.4, -0.2) is 41.9 Å². The van der Waals surface area contributed by atoms with Crippen molar-refractivity contribution in [3.05, 3.63) is 18.5 Å². The van der Waals surface area contributed by atoms with Crippen LogP contribution in [0.3, 0.4) is 0 Å². The van der Waals surface area contributed by atoms with E-state index in [1.165, 1.54) is 10.5 Å². The van der Waals surface area contributed by atoms with Gasteiger partial charge in [-0.3, -0.25) is 4.79 Å². The van der Waals surface area contributed by atoms with Crippen LogP contribution in [0.1, 0.15) is 25.7 Å². The predicted octanol–water partition coefficient (Wildman–Crippen LogP) is 1.28. The van der Waals surface area contributed by atoms with Gasteiger partial charge in [0.15, 0.2) is 0 Å². The Morgan fingerprint density at radius 1 is 1.42 bits per heavy atom. The second kappa shape index (κ2) is 5.75. The molecular weight excluding hydrogens is 268 g/mol. The number of carboxylic acids is 1. The number of nitrogens with one attached hydrogen (secondary N) is 1. The molecule has 7 heteroatoms. The molecule has 1 aromatic rings. The van der Waals surface area contributed by atoms with Crippen LogP contribution in [0.25, 0.3) is 0 Å². The topological polar surface area (TPSA) is 90.5 Å². The lowest BCUT2D eigenvalue weighted by atomic mass is 9.93. The molecule has 2 N–H and O–H groups in total. The third-order valence-electron chi connectivity index (χ3n) is 3.55. The molecule has 0 amide bonds. The molecule has 2 heterocycles. The lowest BCUT2D eigenvalue weighted by molar-refractivity contribution is -0.137. The van der Waals surface area contributed by atoms with Crippen LogP contribution >= 0.6 is 0 Å². The van der Waals surface area contributed by atoms with Crippen molar-refractivity contribution in [3.8, 4) is 0 Å². The van der Waals surface area contributed by atoms with Gasteiger partial charge in [0.2, 0.25) is 10.0 Å². The highest BCUT2D eigenvalue weighted by molar-refractivity contribution is 7.89. The number of piperidine rings is 1. The Bertz CT molecular complexity index is 516. The largest absolute Gasteiger partial charge is 0.481 e. The molecule has 1 fully saturated rings. The minimum Gasteiger partial charge on any atom is -0.481 e. The SMILES string of the molecule is O=C(O)CCC1CCN(S(=O)(=O)c2cc[nH]c2)CC1. The highest BCUT2D eigenvalue weighted by Gasteiger charge is 2.29. The molecule has 0 aliphatic carbocycles. The zero-order valence-corrected chi connectivity index (χ0v) is 11.4. The summed E-state index contributed by atoms with van der Waals surface area (Å²) in [4.78, 5) is 13.5. The summed E-state index contributed by atoms with van der Waals surface area (Å²) in [5.74, 6) is -0.476. The average molecular weight is 286 g/mol. The lowest BCUT2D eigenvalue weighted by Gasteiger charge is -2.30. The number of aromatic amines is 1. The summed E-state index contributed by atoms with van der Waals surface area (Å²) in [6.07, 6.45) is 5.33. The van der Waals surface area contributed by atoms with E-state index < -0.39 is 16.0 Å². The van der Waals surface area contributed by atoms with Gasteiger partial charge in [-0.25, -0.2) is 8.42 Å². The molecule has 1 aliphatic rings. The Morgan fingerprint density at radius 3 is 2.63 bits per heavy atom. The van der Waals surface area contributed by atoms with Crippen LogP contribution in [0, 0.1) is 5.92 Å². The summed E-state index contributed by atoms with van der Waals surface area (Å²) < 4.78 is 25.9. The van der Waals surface area contributed by atoms with Crippen molar-refractivity contribution in [3.63, 3.8) is 0 Å². The van der Waals surface area contributed by atoms with E-state index in [-0.39, 0.29) is 11.3 Å². The van der Waals surface area contributed by atoms with Gasteiger partial charge in [0, 0.05) is 31.9 Å². The highest BCUT2D eigenvalue weighted by Crippen LogP contribution is 2.26. The zero-order valence-electron chi connectivity index (χ0n) is 10.6. The van der Waals surface area contributed by atoms with E-state index in [0.29, 0.717) is 25.4 Å². The van der Waals surface area contributed by atoms with Gasteiger partial charge in [0.1, 0.15) is 0 Å². The molecule has 1 aliphatic heterocycles. The summed E-state index contributed by atoms with van der Waals surface area (Å²) >= 11 is 0. The Labute approximate surface area is 112 Å². The summed E-state index contributed by atoms with van der Waals surface area (Å²) in [5, 5.41) is 8.64. The van der Waals surface area contributed by atoms with Crippen LogP contribution in [0.5, 0.6) is 0 Å². The van der Waals surface area contributed by atoms with Gasteiger partial charge in [-0.1, -0.05) is 0 Å². The van der Waals surface area contributed by atoms with Crippen molar-refractivity contribution in [1.29, 1.82) is 0 Å². The summed E-state index contributed by atoms with van der Waals surface area (Å²) in [6, 6.07) is 1.55. The van der Waals surface area contributed by atoms with Gasteiger partial charge in [-0.05, 0) is 31.2 Å². The average Bonchev–Trinajstić information content (AvgIpc) is 2.91. The van der Waals surface area contributed by atoms with Gasteiger partial charge in [-0.2, -0.15) is 4.31 Å². The molecule has 0 saturated carbocycles. The Kier molecular flexibility index (Phi) is 4.26. The van der Waals surface area contributed by atoms with E-state index >= 15 is 0 Å². The third kappa shape index (κ3) is 3.36. The molecule has 106 valence electrons. The second-order valence-electron chi connectivity index (χ2n) is 4.83. The molecule has 6 nitrogen and oxygen atoms in total. The Morgan fingerprint density at radius 2 is 2.11 bits per heavy atom. The summed E-state index contributed by atoms with van der Waals surface area (Å²) in [7, 11) is -3.39. The number of carbonyl (C=O) groups is 1. The number of aromatic nitrogens is 1. The van der Waals surface area contributed by atoms with E-state index in [1.807, 2.05) is 0 Å². The molecule has 1 saturated heterocycles. The fraction of sp³-hybridized carbons (Fsp3) is 0.583. The maximum absolute atomic E-state index is 12.2. The first-order valence-corrected chi connectivity index (χ1v) is 7.79. The van der Waals surface area contributed by atoms with Crippen LogP contribution < -0.4 is 0 Å². The number of hydrogen-bond acceptors (Lipinski definition) is 3. The number of hydrogen-bond donors (Lipinski definition) is 2. The molecule has 0 bridgehead atoms. The first-order valence-electron chi connectivity index (χ1n) is 6.35. The number of aliphatic carboxylic acids is 1. The first kappa shape index (κ1) is 14.1. The van der Waals surface area contributed by atoms with Crippen molar-refractivity contribution in [2.45, 2.75) is 30.6 Å². The molecule has 0 unspecified atom stereocenters. The molecule has 0 radical (unpaired) electrons. The smallest absolute Gasteiger partial charge is 0.303 e. The van der Waals surface area contributed by atoms with Crippen LogP contribution in [-0.2, 0) is 14.8 Å². The fourth-order valence-electron chi connectivity index (χ4n) is 2.38. The molecule has 1 aromatic heterocycles. The van der Waals surface area contributed by atoms with Gasteiger partial charge in [0.25, 0.3) is 0 Å². The number of carboxylic acid groups (broad SMARTS) is 1.